The van der Waals surface area contributed by atoms with Crippen molar-refractivity contribution in [2.24, 2.45) is 11.7 Å². The van der Waals surface area contributed by atoms with E-state index in [0.717, 1.165) is 31.4 Å². The molecular formula is C13H16F3NO. The van der Waals surface area contributed by atoms with E-state index in [1.54, 1.807) is 0 Å². The second kappa shape index (κ2) is 4.90. The molecule has 2 nitrogen and oxygen atoms in total. The molecule has 0 aromatic heterocycles. The first kappa shape index (κ1) is 13.4. The van der Waals surface area contributed by atoms with Gasteiger partial charge in [-0.05, 0) is 36.5 Å². The summed E-state index contributed by atoms with van der Waals surface area (Å²) in [5.74, 6) is 0.120. The van der Waals surface area contributed by atoms with Crippen molar-refractivity contribution in [1.82, 2.24) is 0 Å². The molecule has 5 heteroatoms. The maximum Gasteiger partial charge on any atom is 0.416 e. The molecule has 3 N–H and O–H groups in total. The predicted molar refractivity (Wildman–Crippen MR) is 61.7 cm³/mol. The Balaban J connectivity index is 2.17. The van der Waals surface area contributed by atoms with Crippen LogP contribution in [0.2, 0.25) is 0 Å². The summed E-state index contributed by atoms with van der Waals surface area (Å²) in [7, 11) is 0. The van der Waals surface area contributed by atoms with Gasteiger partial charge in [0.2, 0.25) is 0 Å². The fraction of sp³-hybridized carbons (Fsp3) is 0.538. The standard InChI is InChI=1S/C13H16F3NO/c14-13(15,16)10-6-2-5-9(7-10)11(17)12(18)8-3-1-4-8/h2,5-8,11-12,18H,1,3-4,17H2/t11-,12+/m1/s1. The monoisotopic (exact) mass is 259 g/mol. The van der Waals surface area contributed by atoms with Gasteiger partial charge in [0.25, 0.3) is 0 Å². The minimum atomic E-state index is -4.38. The van der Waals surface area contributed by atoms with Crippen LogP contribution in [-0.2, 0) is 6.18 Å². The Morgan fingerprint density at radius 2 is 1.94 bits per heavy atom. The summed E-state index contributed by atoms with van der Waals surface area (Å²) in [6.45, 7) is 0. The first-order valence-corrected chi connectivity index (χ1v) is 6.00. The Kier molecular flexibility index (Phi) is 3.64. The van der Waals surface area contributed by atoms with Gasteiger partial charge >= 0.3 is 6.18 Å². The third-order valence-electron chi connectivity index (χ3n) is 3.60. The van der Waals surface area contributed by atoms with Gasteiger partial charge < -0.3 is 10.8 Å². The van der Waals surface area contributed by atoms with E-state index in [4.69, 9.17) is 5.73 Å². The molecule has 0 bridgehead atoms. The van der Waals surface area contributed by atoms with Gasteiger partial charge in [0.15, 0.2) is 0 Å². The van der Waals surface area contributed by atoms with Gasteiger partial charge in [0.1, 0.15) is 0 Å². The van der Waals surface area contributed by atoms with Crippen molar-refractivity contribution >= 4 is 0 Å². The van der Waals surface area contributed by atoms with Gasteiger partial charge in [-0.25, -0.2) is 0 Å². The van der Waals surface area contributed by atoms with Gasteiger partial charge in [0.05, 0.1) is 17.7 Å². The van der Waals surface area contributed by atoms with Crippen molar-refractivity contribution in [3.8, 4) is 0 Å². The molecule has 1 aromatic rings. The minimum absolute atomic E-state index is 0.120. The average molecular weight is 259 g/mol. The van der Waals surface area contributed by atoms with Crippen LogP contribution in [0.15, 0.2) is 24.3 Å². The molecule has 0 unspecified atom stereocenters. The van der Waals surface area contributed by atoms with Gasteiger partial charge in [-0.1, -0.05) is 18.6 Å². The molecule has 1 aliphatic rings. The number of aliphatic hydroxyl groups excluding tert-OH is 1. The number of hydrogen-bond acceptors (Lipinski definition) is 2. The molecule has 1 fully saturated rings. The lowest BCUT2D eigenvalue weighted by Gasteiger charge is -2.34. The van der Waals surface area contributed by atoms with Crippen LogP contribution in [0, 0.1) is 5.92 Å². The van der Waals surface area contributed by atoms with Crippen LogP contribution in [0.5, 0.6) is 0 Å². The molecule has 2 atom stereocenters. The maximum atomic E-state index is 12.6. The van der Waals surface area contributed by atoms with Crippen molar-refractivity contribution in [1.29, 1.82) is 0 Å². The highest BCUT2D eigenvalue weighted by atomic mass is 19.4. The molecule has 1 aromatic carbocycles. The lowest BCUT2D eigenvalue weighted by Crippen LogP contribution is -2.36. The maximum absolute atomic E-state index is 12.6. The summed E-state index contributed by atoms with van der Waals surface area (Å²) in [5, 5.41) is 9.98. The van der Waals surface area contributed by atoms with Crippen molar-refractivity contribution < 1.29 is 18.3 Å². The van der Waals surface area contributed by atoms with Crippen molar-refractivity contribution in [3.63, 3.8) is 0 Å². The zero-order valence-electron chi connectivity index (χ0n) is 9.82. The Hall–Kier alpha value is -1.07. The van der Waals surface area contributed by atoms with E-state index in [-0.39, 0.29) is 5.92 Å². The summed E-state index contributed by atoms with van der Waals surface area (Å²) in [4.78, 5) is 0. The number of benzene rings is 1. The third kappa shape index (κ3) is 2.67. The van der Waals surface area contributed by atoms with E-state index in [2.05, 4.69) is 0 Å². The third-order valence-corrected chi connectivity index (χ3v) is 3.60. The summed E-state index contributed by atoms with van der Waals surface area (Å²) in [6, 6.07) is 4.13. The number of nitrogens with two attached hydrogens (primary N) is 1. The molecule has 0 radical (unpaired) electrons. The number of halogens is 3. The Morgan fingerprint density at radius 1 is 1.28 bits per heavy atom. The topological polar surface area (TPSA) is 46.2 Å². The molecule has 18 heavy (non-hydrogen) atoms. The molecule has 0 amide bonds. The molecule has 0 heterocycles. The lowest BCUT2D eigenvalue weighted by molar-refractivity contribution is -0.137. The fourth-order valence-corrected chi connectivity index (χ4v) is 2.19. The van der Waals surface area contributed by atoms with Crippen molar-refractivity contribution in [2.45, 2.75) is 37.6 Å². The summed E-state index contributed by atoms with van der Waals surface area (Å²) in [5.41, 5.74) is 5.46. The quantitative estimate of drug-likeness (QED) is 0.876. The van der Waals surface area contributed by atoms with Crippen molar-refractivity contribution in [3.05, 3.63) is 35.4 Å². The van der Waals surface area contributed by atoms with Crippen LogP contribution in [0.3, 0.4) is 0 Å². The van der Waals surface area contributed by atoms with E-state index >= 15 is 0 Å². The second-order valence-corrected chi connectivity index (χ2v) is 4.83. The van der Waals surface area contributed by atoms with Crippen LogP contribution in [-0.4, -0.2) is 11.2 Å². The molecule has 0 aliphatic heterocycles. The largest absolute Gasteiger partial charge is 0.416 e. The summed E-state index contributed by atoms with van der Waals surface area (Å²) < 4.78 is 37.7. The summed E-state index contributed by atoms with van der Waals surface area (Å²) >= 11 is 0. The van der Waals surface area contributed by atoms with Gasteiger partial charge in [-0.2, -0.15) is 13.2 Å². The molecule has 0 spiro atoms. The first-order valence-electron chi connectivity index (χ1n) is 6.00. The molecule has 0 saturated heterocycles. The predicted octanol–water partition coefficient (Wildman–Crippen LogP) is 2.87. The number of alkyl halides is 3. The minimum Gasteiger partial charge on any atom is -0.391 e. The molecule has 2 rings (SSSR count). The van der Waals surface area contributed by atoms with E-state index in [1.165, 1.54) is 12.1 Å². The van der Waals surface area contributed by atoms with Gasteiger partial charge in [-0.3, -0.25) is 0 Å². The molecular weight excluding hydrogens is 243 g/mol. The number of aliphatic hydroxyl groups is 1. The average Bonchev–Trinajstić information content (AvgIpc) is 2.24. The van der Waals surface area contributed by atoms with Gasteiger partial charge in [-0.15, -0.1) is 0 Å². The zero-order valence-corrected chi connectivity index (χ0v) is 9.82. The smallest absolute Gasteiger partial charge is 0.391 e. The van der Waals surface area contributed by atoms with Crippen LogP contribution in [0.1, 0.15) is 36.4 Å². The Morgan fingerprint density at radius 3 is 2.44 bits per heavy atom. The highest BCUT2D eigenvalue weighted by Gasteiger charge is 2.33. The second-order valence-electron chi connectivity index (χ2n) is 4.83. The van der Waals surface area contributed by atoms with Crippen molar-refractivity contribution in [2.75, 3.05) is 0 Å². The summed E-state index contributed by atoms with van der Waals surface area (Å²) in [6.07, 6.45) is -2.29. The Labute approximate surface area is 104 Å². The van der Waals surface area contributed by atoms with Crippen LogP contribution in [0.4, 0.5) is 13.2 Å². The highest BCUT2D eigenvalue weighted by Crippen LogP contribution is 2.36. The van der Waals surface area contributed by atoms with Crippen LogP contribution >= 0.6 is 0 Å². The van der Waals surface area contributed by atoms with E-state index < -0.39 is 23.9 Å². The number of hydrogen-bond donors (Lipinski definition) is 2. The normalized spacial score (nSPS) is 20.3. The van der Waals surface area contributed by atoms with E-state index in [9.17, 15) is 18.3 Å². The molecule has 100 valence electrons. The Bertz CT molecular complexity index is 415. The zero-order chi connectivity index (χ0) is 13.3. The van der Waals surface area contributed by atoms with E-state index in [0.29, 0.717) is 5.56 Å². The van der Waals surface area contributed by atoms with Crippen LogP contribution in [0.25, 0.3) is 0 Å². The first-order chi connectivity index (χ1) is 8.39. The van der Waals surface area contributed by atoms with Crippen LogP contribution < -0.4 is 5.73 Å². The molecule has 1 aliphatic carbocycles. The van der Waals surface area contributed by atoms with E-state index in [1.807, 2.05) is 0 Å². The lowest BCUT2D eigenvalue weighted by atomic mass is 9.77. The molecule has 1 saturated carbocycles. The fourth-order valence-electron chi connectivity index (χ4n) is 2.19. The SMILES string of the molecule is N[C@H](c1cccc(C(F)(F)F)c1)[C@@H](O)C1CCC1. The highest BCUT2D eigenvalue weighted by molar-refractivity contribution is 5.28. The van der Waals surface area contributed by atoms with Gasteiger partial charge in [0, 0.05) is 0 Å². The number of rotatable bonds is 3.